The van der Waals surface area contributed by atoms with Gasteiger partial charge in [-0.15, -0.1) is 5.10 Å². The summed E-state index contributed by atoms with van der Waals surface area (Å²) in [5, 5.41) is 14.9. The van der Waals surface area contributed by atoms with Crippen molar-refractivity contribution < 1.29 is 0 Å². The number of thioether (sulfide) groups is 1. The van der Waals surface area contributed by atoms with E-state index in [0.717, 1.165) is 22.8 Å². The van der Waals surface area contributed by atoms with E-state index in [1.807, 2.05) is 16.8 Å². The van der Waals surface area contributed by atoms with Crippen LogP contribution in [0.2, 0.25) is 0 Å². The molecule has 2 aromatic heterocycles. The van der Waals surface area contributed by atoms with Crippen molar-refractivity contribution in [2.75, 3.05) is 0 Å². The lowest BCUT2D eigenvalue weighted by molar-refractivity contribution is 0.422. The van der Waals surface area contributed by atoms with Crippen LogP contribution in [-0.2, 0) is 6.42 Å². The van der Waals surface area contributed by atoms with Gasteiger partial charge in [0.2, 0.25) is 5.16 Å². The van der Waals surface area contributed by atoms with Gasteiger partial charge in [-0.2, -0.15) is 0 Å². The standard InChI is InChI=1S/C18H21N5S/c1-13(12-15-11-10-14-6-2-5-9-17(14)19-15)24-18-20-21-22-23(18)16-7-3-4-8-16/h2,5-6,9-11,13,16H,3-4,7-8,12H2,1H3. The van der Waals surface area contributed by atoms with E-state index < -0.39 is 0 Å². The van der Waals surface area contributed by atoms with Gasteiger partial charge in [0.1, 0.15) is 0 Å². The number of tetrazole rings is 1. The number of benzene rings is 1. The van der Waals surface area contributed by atoms with Crippen molar-refractivity contribution in [3.63, 3.8) is 0 Å². The van der Waals surface area contributed by atoms with Gasteiger partial charge in [-0.1, -0.05) is 55.8 Å². The molecule has 0 spiro atoms. The van der Waals surface area contributed by atoms with Crippen LogP contribution in [0.25, 0.3) is 10.9 Å². The summed E-state index contributed by atoms with van der Waals surface area (Å²) in [5.74, 6) is 0. The van der Waals surface area contributed by atoms with Crippen LogP contribution in [0.15, 0.2) is 41.6 Å². The molecule has 1 fully saturated rings. The molecule has 0 aliphatic heterocycles. The van der Waals surface area contributed by atoms with Crippen LogP contribution in [0.3, 0.4) is 0 Å². The van der Waals surface area contributed by atoms with E-state index in [9.17, 15) is 0 Å². The minimum absolute atomic E-state index is 0.379. The highest BCUT2D eigenvalue weighted by Gasteiger charge is 2.22. The van der Waals surface area contributed by atoms with Gasteiger partial charge >= 0.3 is 0 Å². The van der Waals surface area contributed by atoms with E-state index in [1.54, 1.807) is 11.8 Å². The monoisotopic (exact) mass is 339 g/mol. The molecule has 2 heterocycles. The molecule has 0 amide bonds. The maximum atomic E-state index is 4.77. The van der Waals surface area contributed by atoms with Gasteiger partial charge in [0.25, 0.3) is 0 Å². The number of aromatic nitrogens is 5. The normalized spacial score (nSPS) is 16.7. The molecule has 0 radical (unpaired) electrons. The summed E-state index contributed by atoms with van der Waals surface area (Å²) in [6.45, 7) is 2.22. The summed E-state index contributed by atoms with van der Waals surface area (Å²) in [6.07, 6.45) is 5.86. The number of hydrogen-bond donors (Lipinski definition) is 0. The Balaban J connectivity index is 1.46. The predicted octanol–water partition coefficient (Wildman–Crippen LogP) is 4.06. The van der Waals surface area contributed by atoms with Crippen molar-refractivity contribution in [1.29, 1.82) is 0 Å². The molecule has 3 aromatic rings. The SMILES string of the molecule is CC(Cc1ccc2ccccc2n1)Sc1nnnn1C1CCCC1. The Hall–Kier alpha value is -1.95. The third kappa shape index (κ3) is 3.29. The van der Waals surface area contributed by atoms with Crippen LogP contribution in [0, 0.1) is 0 Å². The summed E-state index contributed by atoms with van der Waals surface area (Å²) in [5.41, 5.74) is 2.18. The van der Waals surface area contributed by atoms with Crippen molar-refractivity contribution in [2.45, 2.75) is 55.5 Å². The van der Waals surface area contributed by atoms with Crippen LogP contribution >= 0.6 is 11.8 Å². The molecule has 0 N–H and O–H groups in total. The predicted molar refractivity (Wildman–Crippen MR) is 96.1 cm³/mol. The smallest absolute Gasteiger partial charge is 0.209 e. The van der Waals surface area contributed by atoms with E-state index in [-0.39, 0.29) is 0 Å². The summed E-state index contributed by atoms with van der Waals surface area (Å²) in [6, 6.07) is 13.0. The van der Waals surface area contributed by atoms with Gasteiger partial charge in [-0.25, -0.2) is 4.68 Å². The first-order valence-electron chi connectivity index (χ1n) is 8.59. The fraction of sp³-hybridized carbons (Fsp3) is 0.444. The van der Waals surface area contributed by atoms with E-state index in [0.29, 0.717) is 11.3 Å². The summed E-state index contributed by atoms with van der Waals surface area (Å²) in [7, 11) is 0. The largest absolute Gasteiger partial charge is 0.253 e. The highest BCUT2D eigenvalue weighted by molar-refractivity contribution is 7.99. The van der Waals surface area contributed by atoms with Crippen LogP contribution in [-0.4, -0.2) is 30.4 Å². The zero-order valence-electron chi connectivity index (χ0n) is 13.8. The molecule has 1 unspecified atom stereocenters. The Kier molecular flexibility index (Phi) is 4.47. The lowest BCUT2D eigenvalue weighted by Gasteiger charge is -2.14. The summed E-state index contributed by atoms with van der Waals surface area (Å²) in [4.78, 5) is 4.77. The Morgan fingerprint density at radius 2 is 2.00 bits per heavy atom. The zero-order chi connectivity index (χ0) is 16.4. The lowest BCUT2D eigenvalue weighted by atomic mass is 10.1. The second kappa shape index (κ2) is 6.89. The molecule has 0 bridgehead atoms. The molecule has 24 heavy (non-hydrogen) atoms. The molecule has 6 heteroatoms. The molecule has 1 aliphatic carbocycles. The van der Waals surface area contributed by atoms with Crippen molar-refractivity contribution in [1.82, 2.24) is 25.2 Å². The Labute approximate surface area is 145 Å². The van der Waals surface area contributed by atoms with E-state index >= 15 is 0 Å². The molecule has 124 valence electrons. The van der Waals surface area contributed by atoms with Crippen LogP contribution < -0.4 is 0 Å². The molecule has 0 saturated heterocycles. The fourth-order valence-corrected chi connectivity index (χ4v) is 4.37. The fourth-order valence-electron chi connectivity index (χ4n) is 3.38. The molecule has 1 saturated carbocycles. The first kappa shape index (κ1) is 15.6. The minimum Gasteiger partial charge on any atom is -0.253 e. The van der Waals surface area contributed by atoms with Crippen LogP contribution in [0.1, 0.15) is 44.3 Å². The maximum Gasteiger partial charge on any atom is 0.209 e. The van der Waals surface area contributed by atoms with Gasteiger partial charge in [-0.05, 0) is 35.4 Å². The van der Waals surface area contributed by atoms with E-state index in [4.69, 9.17) is 4.98 Å². The highest BCUT2D eigenvalue weighted by Crippen LogP contribution is 2.33. The number of fused-ring (bicyclic) bond motifs is 1. The summed E-state index contributed by atoms with van der Waals surface area (Å²) < 4.78 is 2.03. The van der Waals surface area contributed by atoms with Crippen LogP contribution in [0.4, 0.5) is 0 Å². The molecular weight excluding hydrogens is 318 g/mol. The van der Waals surface area contributed by atoms with Crippen molar-refractivity contribution >= 4 is 22.7 Å². The number of rotatable bonds is 5. The van der Waals surface area contributed by atoms with Gasteiger partial charge in [0, 0.05) is 22.8 Å². The molecular formula is C18H21N5S. The van der Waals surface area contributed by atoms with Crippen molar-refractivity contribution in [3.8, 4) is 0 Å². The number of hydrogen-bond acceptors (Lipinski definition) is 5. The first-order valence-corrected chi connectivity index (χ1v) is 9.47. The third-order valence-electron chi connectivity index (χ3n) is 4.59. The van der Waals surface area contributed by atoms with Gasteiger partial charge in [0.15, 0.2) is 0 Å². The number of para-hydroxylation sites is 1. The third-order valence-corrected chi connectivity index (χ3v) is 5.64. The Morgan fingerprint density at radius 3 is 2.88 bits per heavy atom. The van der Waals surface area contributed by atoms with Gasteiger partial charge < -0.3 is 0 Å². The topological polar surface area (TPSA) is 56.5 Å². The quantitative estimate of drug-likeness (QED) is 0.656. The average Bonchev–Trinajstić information content (AvgIpc) is 3.25. The van der Waals surface area contributed by atoms with Crippen LogP contribution in [0.5, 0.6) is 0 Å². The molecule has 4 rings (SSSR count). The molecule has 1 atom stereocenters. The first-order chi connectivity index (χ1) is 11.8. The highest BCUT2D eigenvalue weighted by atomic mass is 32.2. The number of nitrogens with zero attached hydrogens (tertiary/aromatic N) is 5. The minimum atomic E-state index is 0.379. The van der Waals surface area contributed by atoms with E-state index in [1.165, 1.54) is 31.1 Å². The molecule has 5 nitrogen and oxygen atoms in total. The lowest BCUT2D eigenvalue weighted by Crippen LogP contribution is -2.11. The van der Waals surface area contributed by atoms with Gasteiger partial charge in [-0.3, -0.25) is 4.98 Å². The van der Waals surface area contributed by atoms with Gasteiger partial charge in [0.05, 0.1) is 11.6 Å². The van der Waals surface area contributed by atoms with Crippen molar-refractivity contribution in [3.05, 3.63) is 42.1 Å². The second-order valence-corrected chi connectivity index (χ2v) is 7.88. The Morgan fingerprint density at radius 1 is 1.17 bits per heavy atom. The maximum absolute atomic E-state index is 4.77. The second-order valence-electron chi connectivity index (χ2n) is 6.47. The van der Waals surface area contributed by atoms with E-state index in [2.05, 4.69) is 46.7 Å². The Bertz CT molecular complexity index is 825. The summed E-state index contributed by atoms with van der Waals surface area (Å²) >= 11 is 1.75. The number of pyridine rings is 1. The molecule has 1 aliphatic rings. The van der Waals surface area contributed by atoms with Crippen molar-refractivity contribution in [2.24, 2.45) is 0 Å². The molecule has 1 aromatic carbocycles. The zero-order valence-corrected chi connectivity index (χ0v) is 14.6. The average molecular weight is 339 g/mol.